The first-order chi connectivity index (χ1) is 17.6. The molecule has 7 nitrogen and oxygen atoms in total. The lowest BCUT2D eigenvalue weighted by Crippen LogP contribution is -2.51. The Morgan fingerprint density at radius 1 is 0.973 bits per heavy atom. The van der Waals surface area contributed by atoms with Crippen LogP contribution in [0.15, 0.2) is 88.2 Å². The van der Waals surface area contributed by atoms with Crippen LogP contribution in [-0.4, -0.2) is 44.3 Å². The molecule has 37 heavy (non-hydrogen) atoms. The fraction of sp³-hybridized carbons (Fsp3) is 0.259. The highest BCUT2D eigenvalue weighted by Crippen LogP contribution is 2.30. The van der Waals surface area contributed by atoms with E-state index in [2.05, 4.69) is 21.2 Å². The van der Waals surface area contributed by atoms with Gasteiger partial charge in [-0.15, -0.1) is 0 Å². The van der Waals surface area contributed by atoms with Gasteiger partial charge in [0.1, 0.15) is 12.6 Å². The van der Waals surface area contributed by atoms with Crippen molar-refractivity contribution in [2.24, 2.45) is 0 Å². The van der Waals surface area contributed by atoms with Gasteiger partial charge in [-0.25, -0.2) is 8.42 Å². The van der Waals surface area contributed by atoms with Gasteiger partial charge in [-0.05, 0) is 55.3 Å². The summed E-state index contributed by atoms with van der Waals surface area (Å²) in [5.74, 6) is -0.857. The van der Waals surface area contributed by atoms with Gasteiger partial charge in [-0.1, -0.05) is 76.9 Å². The van der Waals surface area contributed by atoms with E-state index in [9.17, 15) is 18.0 Å². The van der Waals surface area contributed by atoms with Crippen molar-refractivity contribution in [3.63, 3.8) is 0 Å². The third kappa shape index (κ3) is 7.34. The molecule has 3 aromatic rings. The molecule has 2 amide bonds. The summed E-state index contributed by atoms with van der Waals surface area (Å²) in [7, 11) is -4.15. The summed E-state index contributed by atoms with van der Waals surface area (Å²) in [6, 6.07) is 20.8. The standard InChI is InChI=1S/C27H29BrClN3O4S/c1-3-17-30-27(34)20(2)31(18-21-13-15-22(28)16-14-21)26(33)19-32(25-12-8-7-11-24(25)29)37(35,36)23-9-5-4-6-10-23/h4-16,20H,3,17-19H2,1-2H3,(H,30,34)/t20-/m1/s1. The Morgan fingerprint density at radius 3 is 2.22 bits per heavy atom. The molecule has 3 aromatic carbocycles. The van der Waals surface area contributed by atoms with Crippen molar-refractivity contribution in [1.82, 2.24) is 10.2 Å². The number of nitrogens with zero attached hydrogens (tertiary/aromatic N) is 2. The molecule has 0 radical (unpaired) electrons. The number of nitrogens with one attached hydrogen (secondary N) is 1. The highest BCUT2D eigenvalue weighted by atomic mass is 79.9. The maximum atomic E-state index is 13.8. The zero-order chi connectivity index (χ0) is 27.0. The van der Waals surface area contributed by atoms with E-state index in [1.165, 1.54) is 17.0 Å². The molecule has 0 saturated heterocycles. The zero-order valence-corrected chi connectivity index (χ0v) is 23.8. The lowest BCUT2D eigenvalue weighted by atomic mass is 10.1. The summed E-state index contributed by atoms with van der Waals surface area (Å²) in [6.45, 7) is 3.62. The number of anilines is 1. The maximum Gasteiger partial charge on any atom is 0.264 e. The second-order valence-electron chi connectivity index (χ2n) is 8.39. The number of sulfonamides is 1. The van der Waals surface area contributed by atoms with Gasteiger partial charge in [0.25, 0.3) is 10.0 Å². The summed E-state index contributed by atoms with van der Waals surface area (Å²) in [4.78, 5) is 28.1. The molecule has 0 unspecified atom stereocenters. The minimum atomic E-state index is -4.15. The number of carbonyl (C=O) groups excluding carboxylic acids is 2. The minimum Gasteiger partial charge on any atom is -0.354 e. The van der Waals surface area contributed by atoms with Gasteiger partial charge in [0.15, 0.2) is 0 Å². The monoisotopic (exact) mass is 605 g/mol. The summed E-state index contributed by atoms with van der Waals surface area (Å²) in [5.41, 5.74) is 0.968. The van der Waals surface area contributed by atoms with Gasteiger partial charge in [0.2, 0.25) is 11.8 Å². The Bertz CT molecular complexity index is 1320. The van der Waals surface area contributed by atoms with Gasteiger partial charge in [0, 0.05) is 17.6 Å². The smallest absolute Gasteiger partial charge is 0.264 e. The summed E-state index contributed by atoms with van der Waals surface area (Å²) < 4.78 is 29.3. The zero-order valence-electron chi connectivity index (χ0n) is 20.6. The molecule has 10 heteroatoms. The van der Waals surface area contributed by atoms with Crippen molar-refractivity contribution in [2.75, 3.05) is 17.4 Å². The fourth-order valence-corrected chi connectivity index (χ4v) is 5.66. The Kier molecular flexibility index (Phi) is 10.1. The van der Waals surface area contributed by atoms with Gasteiger partial charge >= 0.3 is 0 Å². The van der Waals surface area contributed by atoms with Crippen LogP contribution >= 0.6 is 27.5 Å². The molecule has 0 fully saturated rings. The van der Waals surface area contributed by atoms with Crippen molar-refractivity contribution in [1.29, 1.82) is 0 Å². The van der Waals surface area contributed by atoms with Crippen LogP contribution in [0.3, 0.4) is 0 Å². The van der Waals surface area contributed by atoms with Crippen LogP contribution in [0.2, 0.25) is 5.02 Å². The number of carbonyl (C=O) groups is 2. The van der Waals surface area contributed by atoms with E-state index in [1.54, 1.807) is 49.4 Å². The third-order valence-electron chi connectivity index (χ3n) is 5.71. The molecule has 1 atom stereocenters. The van der Waals surface area contributed by atoms with Crippen molar-refractivity contribution in [3.8, 4) is 0 Å². The van der Waals surface area contributed by atoms with E-state index in [1.807, 2.05) is 31.2 Å². The van der Waals surface area contributed by atoms with E-state index in [-0.39, 0.29) is 28.1 Å². The predicted octanol–water partition coefficient (Wildman–Crippen LogP) is 5.24. The quantitative estimate of drug-likeness (QED) is 0.323. The second-order valence-corrected chi connectivity index (χ2v) is 11.6. The van der Waals surface area contributed by atoms with Crippen LogP contribution in [0.25, 0.3) is 0 Å². The highest BCUT2D eigenvalue weighted by molar-refractivity contribution is 9.10. The van der Waals surface area contributed by atoms with Crippen LogP contribution < -0.4 is 9.62 Å². The predicted molar refractivity (Wildman–Crippen MR) is 150 cm³/mol. The number of amides is 2. The summed E-state index contributed by atoms with van der Waals surface area (Å²) in [6.07, 6.45) is 0.745. The summed E-state index contributed by atoms with van der Waals surface area (Å²) >= 11 is 9.79. The second kappa shape index (κ2) is 13.1. The Balaban J connectivity index is 2.01. The minimum absolute atomic E-state index is 0.0240. The number of benzene rings is 3. The van der Waals surface area contributed by atoms with Crippen LogP contribution in [0.4, 0.5) is 5.69 Å². The molecule has 0 aliphatic rings. The molecule has 196 valence electrons. The average molecular weight is 607 g/mol. The number of halogens is 2. The van der Waals surface area contributed by atoms with Gasteiger partial charge in [-0.3, -0.25) is 13.9 Å². The van der Waals surface area contributed by atoms with Crippen LogP contribution in [0.5, 0.6) is 0 Å². The van der Waals surface area contributed by atoms with Crippen molar-refractivity contribution in [2.45, 2.75) is 37.8 Å². The van der Waals surface area contributed by atoms with Gasteiger partial charge in [-0.2, -0.15) is 0 Å². The fourth-order valence-electron chi connectivity index (χ4n) is 3.65. The summed E-state index contributed by atoms with van der Waals surface area (Å²) in [5, 5.41) is 3.00. The Morgan fingerprint density at radius 2 is 1.59 bits per heavy atom. The van der Waals surface area contributed by atoms with Gasteiger partial charge < -0.3 is 10.2 Å². The number of rotatable bonds is 11. The molecule has 0 bridgehead atoms. The topological polar surface area (TPSA) is 86.8 Å². The molecule has 1 N–H and O–H groups in total. The highest BCUT2D eigenvalue weighted by Gasteiger charge is 2.33. The molecule has 0 aromatic heterocycles. The molecule has 0 aliphatic carbocycles. The number of para-hydroxylation sites is 1. The first kappa shape index (κ1) is 28.7. The van der Waals surface area contributed by atoms with Crippen LogP contribution in [0, 0.1) is 0 Å². The van der Waals surface area contributed by atoms with Crippen molar-refractivity contribution >= 4 is 55.1 Å². The van der Waals surface area contributed by atoms with E-state index in [4.69, 9.17) is 11.6 Å². The van der Waals surface area contributed by atoms with E-state index >= 15 is 0 Å². The molecular weight excluding hydrogens is 578 g/mol. The Labute approximate surface area is 231 Å². The number of hydrogen-bond acceptors (Lipinski definition) is 4. The van der Waals surface area contributed by atoms with E-state index in [0.717, 1.165) is 20.8 Å². The Hall–Kier alpha value is -2.88. The van der Waals surface area contributed by atoms with E-state index in [0.29, 0.717) is 6.54 Å². The molecule has 0 aliphatic heterocycles. The molecule has 0 spiro atoms. The first-order valence-electron chi connectivity index (χ1n) is 11.8. The van der Waals surface area contributed by atoms with Gasteiger partial charge in [0.05, 0.1) is 15.6 Å². The van der Waals surface area contributed by atoms with E-state index < -0.39 is 28.5 Å². The normalized spacial score (nSPS) is 12.0. The molecule has 0 saturated carbocycles. The molecule has 3 rings (SSSR count). The lowest BCUT2D eigenvalue weighted by Gasteiger charge is -2.32. The van der Waals surface area contributed by atoms with Crippen molar-refractivity contribution < 1.29 is 18.0 Å². The maximum absolute atomic E-state index is 13.8. The van der Waals surface area contributed by atoms with Crippen molar-refractivity contribution in [3.05, 3.63) is 93.9 Å². The third-order valence-corrected chi connectivity index (χ3v) is 8.34. The molecule has 0 heterocycles. The van der Waals surface area contributed by atoms with Crippen LogP contribution in [0.1, 0.15) is 25.8 Å². The number of hydrogen-bond donors (Lipinski definition) is 1. The lowest BCUT2D eigenvalue weighted by molar-refractivity contribution is -0.139. The average Bonchev–Trinajstić information content (AvgIpc) is 2.90. The first-order valence-corrected chi connectivity index (χ1v) is 14.4. The van der Waals surface area contributed by atoms with Crippen LogP contribution in [-0.2, 0) is 26.2 Å². The SMILES string of the molecule is CCCNC(=O)[C@@H](C)N(Cc1ccc(Br)cc1)C(=O)CN(c1ccccc1Cl)S(=O)(=O)c1ccccc1. The largest absolute Gasteiger partial charge is 0.354 e. The molecular formula is C27H29BrClN3O4S.